The molecule has 1 aliphatic rings. The highest BCUT2D eigenvalue weighted by atomic mass is 16.7. The third kappa shape index (κ3) is 7.48. The van der Waals surface area contributed by atoms with Crippen molar-refractivity contribution in [3.05, 3.63) is 0 Å². The van der Waals surface area contributed by atoms with Crippen LogP contribution in [0.4, 0.5) is 0 Å². The fourth-order valence-electron chi connectivity index (χ4n) is 2.57. The molecule has 138 valence electrons. The van der Waals surface area contributed by atoms with Gasteiger partial charge in [-0.1, -0.05) is 40.0 Å². The number of hydrogen-bond donors (Lipinski definition) is 0. The highest BCUT2D eigenvalue weighted by Gasteiger charge is 2.46. The Morgan fingerprint density at radius 3 is 1.91 bits per heavy atom. The lowest BCUT2D eigenvalue weighted by molar-refractivity contribution is -0.168. The van der Waals surface area contributed by atoms with Crippen LogP contribution in [0.15, 0.2) is 0 Å². The summed E-state index contributed by atoms with van der Waals surface area (Å²) in [5.41, 5.74) is 0. The first-order valence-corrected chi connectivity index (χ1v) is 9.27. The van der Waals surface area contributed by atoms with E-state index in [1.807, 2.05) is 0 Å². The lowest BCUT2D eigenvalue weighted by atomic mass is 10.1. The standard InChI is InChI=1S/C18H36O5/c1-5-8-11-20-14-15-16(21-12-9-6-2)17(18(19-4)23-15)22-13-10-7-3/h15-18H,5-14H2,1-4H3/t15-,16-,17-,18?/m1/s1. The molecule has 1 saturated heterocycles. The van der Waals surface area contributed by atoms with Crippen molar-refractivity contribution in [1.82, 2.24) is 0 Å². The second-order valence-electron chi connectivity index (χ2n) is 6.09. The summed E-state index contributed by atoms with van der Waals surface area (Å²) in [5, 5.41) is 0. The minimum atomic E-state index is -0.377. The average molecular weight is 332 g/mol. The predicted octanol–water partition coefficient (Wildman–Crippen LogP) is 3.55. The lowest BCUT2D eigenvalue weighted by Crippen LogP contribution is -2.40. The van der Waals surface area contributed by atoms with Gasteiger partial charge in [0.25, 0.3) is 0 Å². The highest BCUT2D eigenvalue weighted by Crippen LogP contribution is 2.28. The Balaban J connectivity index is 2.57. The van der Waals surface area contributed by atoms with Crippen LogP contribution in [0.5, 0.6) is 0 Å². The van der Waals surface area contributed by atoms with Crippen molar-refractivity contribution in [3.63, 3.8) is 0 Å². The van der Waals surface area contributed by atoms with Gasteiger partial charge in [-0.3, -0.25) is 0 Å². The maximum atomic E-state index is 6.08. The van der Waals surface area contributed by atoms with Gasteiger partial charge in [0.1, 0.15) is 18.3 Å². The Hall–Kier alpha value is -0.200. The van der Waals surface area contributed by atoms with Crippen molar-refractivity contribution in [1.29, 1.82) is 0 Å². The molecule has 0 saturated carbocycles. The van der Waals surface area contributed by atoms with Crippen molar-refractivity contribution in [2.24, 2.45) is 0 Å². The van der Waals surface area contributed by atoms with Crippen LogP contribution >= 0.6 is 0 Å². The van der Waals surface area contributed by atoms with E-state index < -0.39 is 0 Å². The molecule has 0 bridgehead atoms. The molecule has 0 amide bonds. The first-order chi connectivity index (χ1) is 11.3. The van der Waals surface area contributed by atoms with Crippen molar-refractivity contribution in [3.8, 4) is 0 Å². The topological polar surface area (TPSA) is 46.2 Å². The van der Waals surface area contributed by atoms with Crippen LogP contribution < -0.4 is 0 Å². The van der Waals surface area contributed by atoms with Gasteiger partial charge in [0.2, 0.25) is 0 Å². The fraction of sp³-hybridized carbons (Fsp3) is 1.00. The van der Waals surface area contributed by atoms with E-state index in [9.17, 15) is 0 Å². The van der Waals surface area contributed by atoms with Gasteiger partial charge in [-0.15, -0.1) is 0 Å². The lowest BCUT2D eigenvalue weighted by Gasteiger charge is -2.24. The van der Waals surface area contributed by atoms with Crippen LogP contribution in [0.1, 0.15) is 59.3 Å². The van der Waals surface area contributed by atoms with E-state index >= 15 is 0 Å². The van der Waals surface area contributed by atoms with Gasteiger partial charge >= 0.3 is 0 Å². The Kier molecular flexibility index (Phi) is 11.9. The summed E-state index contributed by atoms with van der Waals surface area (Å²) in [7, 11) is 1.66. The Bertz CT molecular complexity index is 274. The zero-order valence-corrected chi connectivity index (χ0v) is 15.4. The summed E-state index contributed by atoms with van der Waals surface area (Å²) in [6, 6.07) is 0. The summed E-state index contributed by atoms with van der Waals surface area (Å²) < 4.78 is 29.3. The summed E-state index contributed by atoms with van der Waals surface area (Å²) >= 11 is 0. The molecule has 0 spiro atoms. The molecule has 1 fully saturated rings. The quantitative estimate of drug-likeness (QED) is 0.455. The van der Waals surface area contributed by atoms with E-state index in [0.29, 0.717) is 13.2 Å². The molecule has 5 nitrogen and oxygen atoms in total. The van der Waals surface area contributed by atoms with E-state index in [1.165, 1.54) is 0 Å². The molecular weight excluding hydrogens is 296 g/mol. The van der Waals surface area contributed by atoms with Crippen LogP contribution in [-0.2, 0) is 23.7 Å². The van der Waals surface area contributed by atoms with E-state index in [4.69, 9.17) is 23.7 Å². The molecule has 0 aromatic rings. The van der Waals surface area contributed by atoms with Crippen LogP contribution in [0.2, 0.25) is 0 Å². The van der Waals surface area contributed by atoms with Crippen molar-refractivity contribution in [2.75, 3.05) is 33.5 Å². The van der Waals surface area contributed by atoms with Gasteiger partial charge < -0.3 is 23.7 Å². The number of rotatable bonds is 14. The first-order valence-electron chi connectivity index (χ1n) is 9.27. The summed E-state index contributed by atoms with van der Waals surface area (Å²) in [6.45, 7) is 9.20. The van der Waals surface area contributed by atoms with Crippen LogP contribution in [-0.4, -0.2) is 58.1 Å². The molecule has 1 aliphatic heterocycles. The van der Waals surface area contributed by atoms with Gasteiger partial charge in [0.15, 0.2) is 6.29 Å². The molecule has 4 atom stereocenters. The molecule has 0 aliphatic carbocycles. The average Bonchev–Trinajstić information content (AvgIpc) is 2.89. The summed E-state index contributed by atoms with van der Waals surface area (Å²) in [5.74, 6) is 0. The number of unbranched alkanes of at least 4 members (excludes halogenated alkanes) is 3. The van der Waals surface area contributed by atoms with Gasteiger partial charge in [-0.25, -0.2) is 0 Å². The molecular formula is C18H36O5. The molecule has 1 rings (SSSR count). The first kappa shape index (κ1) is 20.8. The van der Waals surface area contributed by atoms with Gasteiger partial charge in [-0.2, -0.15) is 0 Å². The molecule has 0 aromatic carbocycles. The Labute approximate surface area is 142 Å². The molecule has 1 heterocycles. The summed E-state index contributed by atoms with van der Waals surface area (Å²) in [6.07, 6.45) is 5.69. The minimum Gasteiger partial charge on any atom is -0.379 e. The molecule has 1 unspecified atom stereocenters. The minimum absolute atomic E-state index is 0.120. The summed E-state index contributed by atoms with van der Waals surface area (Å²) in [4.78, 5) is 0. The molecule has 23 heavy (non-hydrogen) atoms. The molecule has 0 aromatic heterocycles. The monoisotopic (exact) mass is 332 g/mol. The zero-order chi connectivity index (χ0) is 16.9. The third-order valence-corrected chi connectivity index (χ3v) is 4.04. The fourth-order valence-corrected chi connectivity index (χ4v) is 2.57. The molecule has 0 radical (unpaired) electrons. The van der Waals surface area contributed by atoms with Gasteiger partial charge in [0, 0.05) is 26.9 Å². The Morgan fingerprint density at radius 1 is 0.783 bits per heavy atom. The zero-order valence-electron chi connectivity index (χ0n) is 15.4. The maximum Gasteiger partial charge on any atom is 0.186 e. The molecule has 5 heteroatoms. The SMILES string of the molecule is CCCCOC[C@H]1OC(OC)[C@H](OCCCC)[C@@H]1OCCCC. The molecule has 0 N–H and O–H groups in total. The third-order valence-electron chi connectivity index (χ3n) is 4.04. The smallest absolute Gasteiger partial charge is 0.186 e. The van der Waals surface area contributed by atoms with E-state index in [2.05, 4.69) is 20.8 Å². The van der Waals surface area contributed by atoms with Gasteiger partial charge in [0.05, 0.1) is 6.61 Å². The number of methoxy groups -OCH3 is 1. The predicted molar refractivity (Wildman–Crippen MR) is 90.7 cm³/mol. The van der Waals surface area contributed by atoms with E-state index in [-0.39, 0.29) is 24.6 Å². The van der Waals surface area contributed by atoms with Crippen LogP contribution in [0, 0.1) is 0 Å². The highest BCUT2D eigenvalue weighted by molar-refractivity contribution is 4.89. The van der Waals surface area contributed by atoms with Crippen LogP contribution in [0.3, 0.4) is 0 Å². The maximum absolute atomic E-state index is 6.08. The van der Waals surface area contributed by atoms with E-state index in [1.54, 1.807) is 7.11 Å². The van der Waals surface area contributed by atoms with E-state index in [0.717, 1.165) is 51.7 Å². The second-order valence-corrected chi connectivity index (χ2v) is 6.09. The van der Waals surface area contributed by atoms with Crippen molar-refractivity contribution < 1.29 is 23.7 Å². The van der Waals surface area contributed by atoms with Crippen molar-refractivity contribution in [2.45, 2.75) is 83.9 Å². The number of hydrogen-bond acceptors (Lipinski definition) is 5. The van der Waals surface area contributed by atoms with Crippen molar-refractivity contribution >= 4 is 0 Å². The number of ether oxygens (including phenoxy) is 5. The Morgan fingerprint density at radius 2 is 1.35 bits per heavy atom. The largest absolute Gasteiger partial charge is 0.379 e. The second kappa shape index (κ2) is 13.1. The normalized spacial score (nSPS) is 27.7. The van der Waals surface area contributed by atoms with Crippen LogP contribution in [0.25, 0.3) is 0 Å². The van der Waals surface area contributed by atoms with Gasteiger partial charge in [-0.05, 0) is 19.3 Å².